The van der Waals surface area contributed by atoms with E-state index in [0.717, 1.165) is 25.1 Å². The van der Waals surface area contributed by atoms with Gasteiger partial charge in [-0.25, -0.2) is 0 Å². The Morgan fingerprint density at radius 2 is 2.00 bits per heavy atom. The van der Waals surface area contributed by atoms with Crippen LogP contribution in [-0.4, -0.2) is 48.9 Å². The molecule has 0 bridgehead atoms. The van der Waals surface area contributed by atoms with Crippen LogP contribution in [0, 0.1) is 0 Å². The smallest absolute Gasteiger partial charge is 0.253 e. The number of likely N-dealkylation sites (N-methyl/N-ethyl adjacent to an activating group) is 2. The number of fused-ring (bicyclic) bond motifs is 1. The van der Waals surface area contributed by atoms with E-state index in [4.69, 9.17) is 0 Å². The molecule has 1 aliphatic heterocycles. The highest BCUT2D eigenvalue weighted by Crippen LogP contribution is 2.23. The maximum atomic E-state index is 12.6. The fourth-order valence-electron chi connectivity index (χ4n) is 3.70. The van der Waals surface area contributed by atoms with Gasteiger partial charge in [-0.05, 0) is 75.4 Å². The molecule has 1 atom stereocenters. The molecule has 0 spiro atoms. The van der Waals surface area contributed by atoms with Crippen LogP contribution < -0.4 is 0 Å². The van der Waals surface area contributed by atoms with Crippen molar-refractivity contribution in [3.63, 3.8) is 0 Å². The van der Waals surface area contributed by atoms with Gasteiger partial charge in [0, 0.05) is 25.2 Å². The van der Waals surface area contributed by atoms with Crippen molar-refractivity contribution in [2.45, 2.75) is 44.6 Å². The van der Waals surface area contributed by atoms with Crippen molar-refractivity contribution in [1.82, 2.24) is 9.80 Å². The van der Waals surface area contributed by atoms with Crippen LogP contribution in [0.1, 0.15) is 47.2 Å². The third kappa shape index (κ3) is 3.13. The largest absolute Gasteiger partial charge is 0.340 e. The Hall–Kier alpha value is -1.35. The number of nitrogens with zero attached hydrogens (tertiary/aromatic N) is 2. The number of benzene rings is 1. The summed E-state index contributed by atoms with van der Waals surface area (Å²) in [6, 6.07) is 6.83. The molecule has 3 heteroatoms. The van der Waals surface area contributed by atoms with Crippen molar-refractivity contribution >= 4 is 5.91 Å². The van der Waals surface area contributed by atoms with Gasteiger partial charge in [0.1, 0.15) is 0 Å². The van der Waals surface area contributed by atoms with E-state index in [1.165, 1.54) is 43.2 Å². The first-order valence-corrected chi connectivity index (χ1v) is 8.22. The van der Waals surface area contributed by atoms with E-state index in [1.54, 1.807) is 0 Å². The standard InChI is InChI=1S/C18H26N2O/c1-19-11-5-8-17(19)13-20(2)18(21)16-10-9-14-6-3-4-7-15(14)12-16/h9-10,12,17H,3-8,11,13H2,1-2H3. The van der Waals surface area contributed by atoms with Gasteiger partial charge in [0.2, 0.25) is 0 Å². The molecule has 1 amide bonds. The van der Waals surface area contributed by atoms with Gasteiger partial charge in [0.15, 0.2) is 0 Å². The number of likely N-dealkylation sites (tertiary alicyclic amines) is 1. The van der Waals surface area contributed by atoms with Gasteiger partial charge in [-0.15, -0.1) is 0 Å². The van der Waals surface area contributed by atoms with Gasteiger partial charge < -0.3 is 9.80 Å². The fourth-order valence-corrected chi connectivity index (χ4v) is 3.70. The molecule has 3 rings (SSSR count). The van der Waals surface area contributed by atoms with E-state index >= 15 is 0 Å². The lowest BCUT2D eigenvalue weighted by molar-refractivity contribution is 0.0761. The van der Waals surface area contributed by atoms with E-state index in [-0.39, 0.29) is 5.91 Å². The Morgan fingerprint density at radius 1 is 1.24 bits per heavy atom. The molecule has 1 heterocycles. The SMILES string of the molecule is CN(CC1CCCN1C)C(=O)c1ccc2c(c1)CCCC2. The predicted octanol–water partition coefficient (Wildman–Crippen LogP) is 2.73. The molecule has 1 aromatic rings. The van der Waals surface area contributed by atoms with Gasteiger partial charge >= 0.3 is 0 Å². The number of hydrogen-bond acceptors (Lipinski definition) is 2. The summed E-state index contributed by atoms with van der Waals surface area (Å²) in [5, 5.41) is 0. The van der Waals surface area contributed by atoms with Crippen LogP contribution in [0.2, 0.25) is 0 Å². The van der Waals surface area contributed by atoms with Gasteiger partial charge in [0.05, 0.1) is 0 Å². The monoisotopic (exact) mass is 286 g/mol. The van der Waals surface area contributed by atoms with E-state index < -0.39 is 0 Å². The van der Waals surface area contributed by atoms with Crippen LogP contribution in [0.25, 0.3) is 0 Å². The summed E-state index contributed by atoms with van der Waals surface area (Å²) < 4.78 is 0. The lowest BCUT2D eigenvalue weighted by Crippen LogP contribution is -2.39. The molecular weight excluding hydrogens is 260 g/mol. The first-order valence-electron chi connectivity index (χ1n) is 8.22. The molecule has 0 radical (unpaired) electrons. The number of rotatable bonds is 3. The molecule has 3 nitrogen and oxygen atoms in total. The summed E-state index contributed by atoms with van der Waals surface area (Å²) in [5.41, 5.74) is 3.69. The Morgan fingerprint density at radius 3 is 2.71 bits per heavy atom. The molecule has 0 aromatic heterocycles. The summed E-state index contributed by atoms with van der Waals surface area (Å²) >= 11 is 0. The van der Waals surface area contributed by atoms with Crippen LogP contribution >= 0.6 is 0 Å². The zero-order valence-corrected chi connectivity index (χ0v) is 13.3. The quantitative estimate of drug-likeness (QED) is 0.853. The lowest BCUT2D eigenvalue weighted by Gasteiger charge is -2.26. The first-order chi connectivity index (χ1) is 10.1. The number of carbonyl (C=O) groups is 1. The number of hydrogen-bond donors (Lipinski definition) is 0. The second-order valence-electron chi connectivity index (χ2n) is 6.65. The van der Waals surface area contributed by atoms with Crippen molar-refractivity contribution in [3.8, 4) is 0 Å². The Balaban J connectivity index is 1.69. The topological polar surface area (TPSA) is 23.6 Å². The van der Waals surface area contributed by atoms with E-state index in [1.807, 2.05) is 18.0 Å². The highest BCUT2D eigenvalue weighted by atomic mass is 16.2. The molecule has 1 unspecified atom stereocenters. The van der Waals surface area contributed by atoms with Crippen molar-refractivity contribution in [3.05, 3.63) is 34.9 Å². The van der Waals surface area contributed by atoms with Crippen molar-refractivity contribution in [1.29, 1.82) is 0 Å². The van der Waals surface area contributed by atoms with Crippen LogP contribution in [0.3, 0.4) is 0 Å². The van der Waals surface area contributed by atoms with Crippen LogP contribution in [0.4, 0.5) is 0 Å². The minimum absolute atomic E-state index is 0.170. The van der Waals surface area contributed by atoms with Crippen molar-refractivity contribution in [2.24, 2.45) is 0 Å². The number of carbonyl (C=O) groups excluding carboxylic acids is 1. The summed E-state index contributed by atoms with van der Waals surface area (Å²) in [7, 11) is 4.10. The van der Waals surface area contributed by atoms with E-state index in [9.17, 15) is 4.79 Å². The van der Waals surface area contributed by atoms with Gasteiger partial charge in [0.25, 0.3) is 5.91 Å². The highest BCUT2D eigenvalue weighted by molar-refractivity contribution is 5.94. The third-order valence-electron chi connectivity index (χ3n) is 5.10. The zero-order valence-electron chi connectivity index (χ0n) is 13.3. The maximum Gasteiger partial charge on any atom is 0.253 e. The van der Waals surface area contributed by atoms with Crippen LogP contribution in [-0.2, 0) is 12.8 Å². The van der Waals surface area contributed by atoms with Gasteiger partial charge in [-0.1, -0.05) is 6.07 Å². The number of amides is 1. The zero-order chi connectivity index (χ0) is 14.8. The molecule has 1 saturated heterocycles. The Bertz CT molecular complexity index is 526. The molecular formula is C18H26N2O. The minimum Gasteiger partial charge on any atom is -0.340 e. The van der Waals surface area contributed by atoms with Crippen molar-refractivity contribution < 1.29 is 4.79 Å². The molecule has 21 heavy (non-hydrogen) atoms. The fraction of sp³-hybridized carbons (Fsp3) is 0.611. The van der Waals surface area contributed by atoms with Gasteiger partial charge in [-0.3, -0.25) is 4.79 Å². The normalized spacial score (nSPS) is 22.1. The van der Waals surface area contributed by atoms with Crippen molar-refractivity contribution in [2.75, 3.05) is 27.2 Å². The van der Waals surface area contributed by atoms with Gasteiger partial charge in [-0.2, -0.15) is 0 Å². The lowest BCUT2D eigenvalue weighted by atomic mass is 9.90. The maximum absolute atomic E-state index is 12.6. The molecule has 0 N–H and O–H groups in total. The number of aryl methyl sites for hydroxylation is 2. The summed E-state index contributed by atoms with van der Waals surface area (Å²) in [6.07, 6.45) is 7.31. The molecule has 0 saturated carbocycles. The van der Waals surface area contributed by atoms with Crippen LogP contribution in [0.5, 0.6) is 0 Å². The first kappa shape index (κ1) is 14.6. The third-order valence-corrected chi connectivity index (χ3v) is 5.10. The average molecular weight is 286 g/mol. The van der Waals surface area contributed by atoms with Crippen LogP contribution in [0.15, 0.2) is 18.2 Å². The summed E-state index contributed by atoms with van der Waals surface area (Å²) in [6.45, 7) is 2.00. The minimum atomic E-state index is 0.170. The molecule has 114 valence electrons. The molecule has 1 aliphatic carbocycles. The molecule has 2 aliphatic rings. The Labute approximate surface area is 127 Å². The summed E-state index contributed by atoms with van der Waals surface area (Å²) in [5.74, 6) is 0.170. The second kappa shape index (κ2) is 6.18. The predicted molar refractivity (Wildman–Crippen MR) is 85.7 cm³/mol. The average Bonchev–Trinajstić information content (AvgIpc) is 2.91. The van der Waals surface area contributed by atoms with E-state index in [0.29, 0.717) is 6.04 Å². The second-order valence-corrected chi connectivity index (χ2v) is 6.65. The van der Waals surface area contributed by atoms with E-state index in [2.05, 4.69) is 24.1 Å². The highest BCUT2D eigenvalue weighted by Gasteiger charge is 2.24. The summed E-state index contributed by atoms with van der Waals surface area (Å²) in [4.78, 5) is 16.9. The Kier molecular flexibility index (Phi) is 4.29. The molecule has 1 aromatic carbocycles. The molecule has 1 fully saturated rings.